The summed E-state index contributed by atoms with van der Waals surface area (Å²) in [4.78, 5) is 37.9. The van der Waals surface area contributed by atoms with Gasteiger partial charge in [-0.15, -0.1) is 0 Å². The van der Waals surface area contributed by atoms with Gasteiger partial charge in [0.15, 0.2) is 0 Å². The fourth-order valence-electron chi connectivity index (χ4n) is 2.32. The highest BCUT2D eigenvalue weighted by Crippen LogP contribution is 2.31. The van der Waals surface area contributed by atoms with Crippen LogP contribution in [-0.2, 0) is 9.59 Å². The maximum Gasteiger partial charge on any atom is 0.335 e. The smallest absolute Gasteiger partial charge is 0.335 e. The van der Waals surface area contributed by atoms with E-state index >= 15 is 0 Å². The number of carbonyl (C=O) groups is 3. The Morgan fingerprint density at radius 1 is 1.08 bits per heavy atom. The first-order valence-corrected chi connectivity index (χ1v) is 8.96. The molecule has 132 valence electrons. The quantitative estimate of drug-likeness (QED) is 0.369. The molecular formula is C17H9Cl2IN2O4. The Kier molecular flexibility index (Phi) is 5.22. The zero-order valence-electron chi connectivity index (χ0n) is 12.8. The van der Waals surface area contributed by atoms with E-state index in [9.17, 15) is 19.5 Å². The minimum atomic E-state index is -0.901. The second kappa shape index (κ2) is 7.26. The third-order valence-corrected chi connectivity index (χ3v) is 4.94. The van der Waals surface area contributed by atoms with Crippen molar-refractivity contribution in [2.24, 2.45) is 0 Å². The van der Waals surface area contributed by atoms with Gasteiger partial charge in [0.25, 0.3) is 11.8 Å². The predicted molar refractivity (Wildman–Crippen MR) is 106 cm³/mol. The van der Waals surface area contributed by atoms with Gasteiger partial charge in [0.2, 0.25) is 0 Å². The number of carbonyl (C=O) groups excluding carboxylic acids is 3. The molecule has 0 aromatic heterocycles. The molecule has 2 aromatic rings. The Morgan fingerprint density at radius 2 is 1.81 bits per heavy atom. The second-order valence-electron chi connectivity index (χ2n) is 5.26. The van der Waals surface area contributed by atoms with Crippen molar-refractivity contribution in [2.75, 3.05) is 4.90 Å². The minimum Gasteiger partial charge on any atom is -0.507 e. The van der Waals surface area contributed by atoms with Gasteiger partial charge in [0.05, 0.1) is 14.3 Å². The zero-order valence-corrected chi connectivity index (χ0v) is 16.5. The molecule has 6 nitrogen and oxygen atoms in total. The Labute approximate surface area is 171 Å². The lowest BCUT2D eigenvalue weighted by Gasteiger charge is -2.27. The Bertz CT molecular complexity index is 991. The van der Waals surface area contributed by atoms with Gasteiger partial charge in [-0.25, -0.2) is 9.69 Å². The van der Waals surface area contributed by atoms with Gasteiger partial charge in [0.1, 0.15) is 11.3 Å². The number of anilines is 1. The average Bonchev–Trinajstić information content (AvgIpc) is 2.56. The summed E-state index contributed by atoms with van der Waals surface area (Å²) in [6.07, 6.45) is 1.34. The highest BCUT2D eigenvalue weighted by Gasteiger charge is 2.37. The number of phenols is 1. The number of nitrogens with zero attached hydrogens (tertiary/aromatic N) is 1. The number of halogens is 3. The first kappa shape index (κ1) is 18.7. The van der Waals surface area contributed by atoms with E-state index in [4.69, 9.17) is 23.2 Å². The van der Waals surface area contributed by atoms with E-state index in [-0.39, 0.29) is 22.0 Å². The van der Waals surface area contributed by atoms with Crippen molar-refractivity contribution in [3.05, 3.63) is 61.2 Å². The predicted octanol–water partition coefficient (Wildman–Crippen LogP) is 3.97. The number of barbiturate groups is 1. The summed E-state index contributed by atoms with van der Waals surface area (Å²) in [5.41, 5.74) is 0.386. The van der Waals surface area contributed by atoms with Crippen molar-refractivity contribution in [3.63, 3.8) is 0 Å². The van der Waals surface area contributed by atoms with Crippen molar-refractivity contribution >= 4 is 75.4 Å². The number of hydrogen-bond acceptors (Lipinski definition) is 4. The third kappa shape index (κ3) is 3.55. The zero-order chi connectivity index (χ0) is 19.0. The molecule has 1 saturated heterocycles. The molecule has 1 aliphatic heterocycles. The molecule has 9 heteroatoms. The highest BCUT2D eigenvalue weighted by atomic mass is 127. The van der Waals surface area contributed by atoms with Crippen LogP contribution in [0.15, 0.2) is 42.0 Å². The van der Waals surface area contributed by atoms with Crippen LogP contribution in [0, 0.1) is 3.57 Å². The second-order valence-corrected chi connectivity index (χ2v) is 7.27. The fraction of sp³-hybridized carbons (Fsp3) is 0. The highest BCUT2D eigenvalue weighted by molar-refractivity contribution is 14.1. The maximum atomic E-state index is 12.8. The molecule has 1 aliphatic rings. The molecule has 0 saturated carbocycles. The molecule has 2 aromatic carbocycles. The fourth-order valence-corrected chi connectivity index (χ4v) is 3.35. The Morgan fingerprint density at radius 3 is 2.46 bits per heavy atom. The lowest BCUT2D eigenvalue weighted by atomic mass is 10.1. The molecule has 2 N–H and O–H groups in total. The molecule has 1 heterocycles. The van der Waals surface area contributed by atoms with Crippen LogP contribution in [0.1, 0.15) is 5.56 Å². The van der Waals surface area contributed by atoms with E-state index in [1.165, 1.54) is 30.3 Å². The summed E-state index contributed by atoms with van der Waals surface area (Å²) in [6.45, 7) is 0. The maximum absolute atomic E-state index is 12.8. The van der Waals surface area contributed by atoms with Crippen LogP contribution < -0.4 is 10.2 Å². The van der Waals surface area contributed by atoms with Crippen LogP contribution >= 0.6 is 45.8 Å². The molecule has 0 bridgehead atoms. The standard InChI is InChI=1S/C17H9Cl2IN2O4/c18-9-2-3-13(11(19)7-9)22-16(25)10(15(24)21-17(22)26)5-8-1-4-14(23)12(20)6-8/h1-7,23H,(H,21,24,26)/b10-5+. The lowest BCUT2D eigenvalue weighted by Crippen LogP contribution is -2.54. The van der Waals surface area contributed by atoms with E-state index in [1.54, 1.807) is 12.1 Å². The minimum absolute atomic E-state index is 0.0805. The Hall–Kier alpha value is -2.10. The van der Waals surface area contributed by atoms with Gasteiger partial charge in [0, 0.05) is 5.02 Å². The molecule has 0 spiro atoms. The topological polar surface area (TPSA) is 86.7 Å². The molecule has 1 fully saturated rings. The van der Waals surface area contributed by atoms with Crippen molar-refractivity contribution in [1.29, 1.82) is 0 Å². The van der Waals surface area contributed by atoms with E-state index in [0.717, 1.165) is 4.90 Å². The van der Waals surface area contributed by atoms with Gasteiger partial charge in [-0.3, -0.25) is 14.9 Å². The third-order valence-electron chi connectivity index (χ3n) is 3.54. The molecular weight excluding hydrogens is 494 g/mol. The Balaban J connectivity index is 2.05. The number of amides is 4. The van der Waals surface area contributed by atoms with E-state index < -0.39 is 17.8 Å². The molecule has 4 amide bonds. The number of nitrogens with one attached hydrogen (secondary N) is 1. The van der Waals surface area contributed by atoms with Crippen molar-refractivity contribution in [3.8, 4) is 5.75 Å². The number of benzene rings is 2. The van der Waals surface area contributed by atoms with Crippen LogP contribution in [0.4, 0.5) is 10.5 Å². The van der Waals surface area contributed by atoms with E-state index in [2.05, 4.69) is 5.32 Å². The first-order valence-electron chi connectivity index (χ1n) is 7.13. The summed E-state index contributed by atoms with van der Waals surface area (Å²) in [7, 11) is 0. The number of hydrogen-bond donors (Lipinski definition) is 2. The number of rotatable bonds is 2. The number of urea groups is 1. The van der Waals surface area contributed by atoms with Crippen LogP contribution in [0.5, 0.6) is 5.75 Å². The summed E-state index contributed by atoms with van der Waals surface area (Å²) in [6, 6.07) is 7.96. The number of aromatic hydroxyl groups is 1. The summed E-state index contributed by atoms with van der Waals surface area (Å²) in [5.74, 6) is -1.55. The molecule has 0 aliphatic carbocycles. The molecule has 0 atom stereocenters. The average molecular weight is 503 g/mol. The van der Waals surface area contributed by atoms with Crippen LogP contribution in [-0.4, -0.2) is 23.0 Å². The summed E-state index contributed by atoms with van der Waals surface area (Å²) < 4.78 is 0.550. The van der Waals surface area contributed by atoms with Crippen LogP contribution in [0.25, 0.3) is 6.08 Å². The van der Waals surface area contributed by atoms with Gasteiger partial charge < -0.3 is 5.11 Å². The van der Waals surface area contributed by atoms with Gasteiger partial charge in [-0.1, -0.05) is 29.3 Å². The van der Waals surface area contributed by atoms with Crippen molar-refractivity contribution in [2.45, 2.75) is 0 Å². The molecule has 0 unspecified atom stereocenters. The van der Waals surface area contributed by atoms with Gasteiger partial charge >= 0.3 is 6.03 Å². The summed E-state index contributed by atoms with van der Waals surface area (Å²) in [5, 5.41) is 12.1. The normalized spacial score (nSPS) is 16.2. The molecule has 0 radical (unpaired) electrons. The number of phenolic OH excluding ortho intramolecular Hbond substituents is 1. The largest absolute Gasteiger partial charge is 0.507 e. The van der Waals surface area contributed by atoms with Crippen LogP contribution in [0.3, 0.4) is 0 Å². The lowest BCUT2D eigenvalue weighted by molar-refractivity contribution is -0.122. The van der Waals surface area contributed by atoms with Crippen LogP contribution in [0.2, 0.25) is 10.0 Å². The van der Waals surface area contributed by atoms with Crippen molar-refractivity contribution < 1.29 is 19.5 Å². The van der Waals surface area contributed by atoms with E-state index in [0.29, 0.717) is 14.2 Å². The van der Waals surface area contributed by atoms with Crippen molar-refractivity contribution in [1.82, 2.24) is 5.32 Å². The SMILES string of the molecule is O=C1NC(=O)N(c2ccc(Cl)cc2Cl)C(=O)/C1=C/c1ccc(O)c(I)c1. The summed E-state index contributed by atoms with van der Waals surface area (Å²) >= 11 is 13.8. The molecule has 26 heavy (non-hydrogen) atoms. The first-order chi connectivity index (χ1) is 12.3. The van der Waals surface area contributed by atoms with E-state index in [1.807, 2.05) is 22.6 Å². The van der Waals surface area contributed by atoms with Gasteiger partial charge in [-0.05, 0) is 64.6 Å². The molecule has 3 rings (SSSR count). The monoisotopic (exact) mass is 502 g/mol. The van der Waals surface area contributed by atoms with Gasteiger partial charge in [-0.2, -0.15) is 0 Å². The number of imide groups is 2.